The number of nitrogens with zero attached hydrogens (tertiary/aromatic N) is 1. The summed E-state index contributed by atoms with van der Waals surface area (Å²) in [5.74, 6) is 1.09. The number of hydrogen-bond acceptors (Lipinski definition) is 6. The number of fused-ring (bicyclic) bond motifs is 2. The van der Waals surface area contributed by atoms with E-state index in [1.165, 1.54) is 12.1 Å². The van der Waals surface area contributed by atoms with Gasteiger partial charge in [0.25, 0.3) is 0 Å². The molecule has 3 aromatic rings. The lowest BCUT2D eigenvalue weighted by molar-refractivity contribution is -0.121. The summed E-state index contributed by atoms with van der Waals surface area (Å²) >= 11 is 0. The molecule has 0 spiro atoms. The van der Waals surface area contributed by atoms with Crippen LogP contribution in [0, 0.1) is 5.92 Å². The number of carbonyl (C=O) groups excluding carboxylic acids is 1. The van der Waals surface area contributed by atoms with Crippen molar-refractivity contribution < 1.29 is 22.7 Å². The van der Waals surface area contributed by atoms with Crippen molar-refractivity contribution in [3.05, 3.63) is 48.3 Å². The van der Waals surface area contributed by atoms with Gasteiger partial charge in [-0.2, -0.15) is 0 Å². The molecule has 9 nitrogen and oxygen atoms in total. The summed E-state index contributed by atoms with van der Waals surface area (Å²) in [5, 5.41) is 2.87. The third-order valence-corrected chi connectivity index (χ3v) is 6.54. The number of amides is 1. The quantitative estimate of drug-likeness (QED) is 0.500. The third kappa shape index (κ3) is 4.86. The number of ether oxygens (including phenoxy) is 2. The fourth-order valence-corrected chi connectivity index (χ4v) is 4.45. The van der Waals surface area contributed by atoms with Gasteiger partial charge in [-0.1, -0.05) is 26.0 Å². The average molecular weight is 459 g/mol. The molecule has 2 aromatic carbocycles. The molecule has 1 atom stereocenters. The zero-order valence-corrected chi connectivity index (χ0v) is 18.7. The number of aromatic nitrogens is 2. The Morgan fingerprint density at radius 3 is 2.62 bits per heavy atom. The topological polar surface area (TPSA) is 122 Å². The van der Waals surface area contributed by atoms with Crippen LogP contribution in [-0.4, -0.2) is 44.1 Å². The van der Waals surface area contributed by atoms with E-state index in [4.69, 9.17) is 9.47 Å². The normalized spacial score (nSPS) is 14.8. The molecule has 3 N–H and O–H groups in total. The molecular formula is C22H26N4O5S. The molecule has 1 aliphatic heterocycles. The standard InChI is InChI=1S/C22H26N4O5S/c1-14(2)21(22-24-16-6-3-4-7-17(16)25-22)26-20(27)13-23-32(28,29)15-8-9-18-19(12-15)31-11-5-10-30-18/h3-4,6-9,12,14,21,23H,5,10-11,13H2,1-2H3,(H,24,25)(H,26,27)/t21-/m1/s1. The summed E-state index contributed by atoms with van der Waals surface area (Å²) in [6.45, 7) is 4.48. The van der Waals surface area contributed by atoms with Crippen molar-refractivity contribution in [2.24, 2.45) is 5.92 Å². The molecule has 0 saturated carbocycles. The van der Waals surface area contributed by atoms with Crippen molar-refractivity contribution in [3.8, 4) is 11.5 Å². The number of sulfonamides is 1. The number of benzene rings is 2. The Balaban J connectivity index is 1.43. The van der Waals surface area contributed by atoms with Crippen LogP contribution < -0.4 is 19.5 Å². The van der Waals surface area contributed by atoms with E-state index in [-0.39, 0.29) is 10.8 Å². The number of hydrogen-bond donors (Lipinski definition) is 3. The number of nitrogens with one attached hydrogen (secondary N) is 3. The monoisotopic (exact) mass is 458 g/mol. The van der Waals surface area contributed by atoms with Crippen molar-refractivity contribution in [2.75, 3.05) is 19.8 Å². The van der Waals surface area contributed by atoms with Crippen molar-refractivity contribution in [3.63, 3.8) is 0 Å². The molecular weight excluding hydrogens is 432 g/mol. The fourth-order valence-electron chi connectivity index (χ4n) is 3.45. The zero-order chi connectivity index (χ0) is 22.7. The Bertz CT molecular complexity index is 1190. The van der Waals surface area contributed by atoms with Crippen LogP contribution in [0.15, 0.2) is 47.4 Å². The predicted molar refractivity (Wildman–Crippen MR) is 119 cm³/mol. The van der Waals surface area contributed by atoms with Crippen LogP contribution in [0.1, 0.15) is 32.1 Å². The summed E-state index contributed by atoms with van der Waals surface area (Å²) in [5.41, 5.74) is 1.68. The first-order valence-corrected chi connectivity index (χ1v) is 11.9. The maximum absolute atomic E-state index is 12.7. The van der Waals surface area contributed by atoms with E-state index in [2.05, 4.69) is 20.0 Å². The van der Waals surface area contributed by atoms with E-state index in [0.717, 1.165) is 17.5 Å². The molecule has 0 fully saturated rings. The highest BCUT2D eigenvalue weighted by Crippen LogP contribution is 2.31. The Morgan fingerprint density at radius 2 is 1.88 bits per heavy atom. The van der Waals surface area contributed by atoms with Crippen LogP contribution in [0.3, 0.4) is 0 Å². The highest BCUT2D eigenvalue weighted by Gasteiger charge is 2.24. The lowest BCUT2D eigenvalue weighted by atomic mass is 10.0. The second kappa shape index (κ2) is 9.17. The Hall–Kier alpha value is -3.11. The van der Waals surface area contributed by atoms with Gasteiger partial charge in [-0.05, 0) is 30.2 Å². The summed E-state index contributed by atoms with van der Waals surface area (Å²) in [4.78, 5) is 20.4. The van der Waals surface area contributed by atoms with Crippen molar-refractivity contribution in [2.45, 2.75) is 31.2 Å². The third-order valence-electron chi connectivity index (χ3n) is 5.14. The van der Waals surface area contributed by atoms with E-state index in [1.54, 1.807) is 6.07 Å². The lowest BCUT2D eigenvalue weighted by Gasteiger charge is -2.20. The fraction of sp³-hybridized carbons (Fsp3) is 0.364. The first-order chi connectivity index (χ1) is 15.3. The zero-order valence-electron chi connectivity index (χ0n) is 17.9. The molecule has 10 heteroatoms. The maximum atomic E-state index is 12.7. The summed E-state index contributed by atoms with van der Waals surface area (Å²) in [7, 11) is -3.91. The van der Waals surface area contributed by atoms with Gasteiger partial charge < -0.3 is 19.8 Å². The van der Waals surface area contributed by atoms with E-state index in [1.807, 2.05) is 38.1 Å². The van der Waals surface area contributed by atoms with Crippen LogP contribution in [0.5, 0.6) is 11.5 Å². The smallest absolute Gasteiger partial charge is 0.241 e. The number of rotatable bonds is 7. The number of carbonyl (C=O) groups is 1. The second-order valence-electron chi connectivity index (χ2n) is 7.91. The molecule has 170 valence electrons. The van der Waals surface area contributed by atoms with Gasteiger partial charge in [0.2, 0.25) is 15.9 Å². The first kappa shape index (κ1) is 22.1. The van der Waals surface area contributed by atoms with Crippen LogP contribution in [0.4, 0.5) is 0 Å². The summed E-state index contributed by atoms with van der Waals surface area (Å²) in [6, 6.07) is 11.6. The molecule has 0 aliphatic carbocycles. The SMILES string of the molecule is CC(C)[C@@H](NC(=O)CNS(=O)(=O)c1ccc2c(c1)OCCCO2)c1nc2ccccc2[nH]1. The largest absolute Gasteiger partial charge is 0.490 e. The number of imidazole rings is 1. The Morgan fingerprint density at radius 1 is 1.12 bits per heavy atom. The van der Waals surface area contributed by atoms with Crippen molar-refractivity contribution >= 4 is 27.0 Å². The van der Waals surface area contributed by atoms with Crippen molar-refractivity contribution in [1.29, 1.82) is 0 Å². The maximum Gasteiger partial charge on any atom is 0.241 e. The molecule has 0 saturated heterocycles. The predicted octanol–water partition coefficient (Wildman–Crippen LogP) is 2.52. The Kier molecular flexibility index (Phi) is 6.33. The van der Waals surface area contributed by atoms with E-state index in [0.29, 0.717) is 30.5 Å². The van der Waals surface area contributed by atoms with Gasteiger partial charge in [0, 0.05) is 12.5 Å². The van der Waals surface area contributed by atoms with Gasteiger partial charge in [-0.3, -0.25) is 4.79 Å². The van der Waals surface area contributed by atoms with Crippen LogP contribution >= 0.6 is 0 Å². The van der Waals surface area contributed by atoms with Crippen LogP contribution in [-0.2, 0) is 14.8 Å². The number of H-pyrrole nitrogens is 1. The molecule has 2 heterocycles. The molecule has 0 unspecified atom stereocenters. The first-order valence-electron chi connectivity index (χ1n) is 10.5. The molecule has 32 heavy (non-hydrogen) atoms. The highest BCUT2D eigenvalue weighted by molar-refractivity contribution is 7.89. The number of para-hydroxylation sites is 2. The van der Waals surface area contributed by atoms with Gasteiger partial charge in [0.05, 0.1) is 41.7 Å². The van der Waals surface area contributed by atoms with Gasteiger partial charge in [0.15, 0.2) is 11.5 Å². The summed E-state index contributed by atoms with van der Waals surface area (Å²) in [6.07, 6.45) is 0.720. The second-order valence-corrected chi connectivity index (χ2v) is 9.68. The van der Waals surface area contributed by atoms with E-state index < -0.39 is 28.5 Å². The van der Waals surface area contributed by atoms with Crippen LogP contribution in [0.2, 0.25) is 0 Å². The van der Waals surface area contributed by atoms with E-state index in [9.17, 15) is 13.2 Å². The molecule has 4 rings (SSSR count). The van der Waals surface area contributed by atoms with Gasteiger partial charge in [-0.15, -0.1) is 0 Å². The average Bonchev–Trinajstić information content (AvgIpc) is 3.05. The molecule has 1 aliphatic rings. The minimum absolute atomic E-state index is 0.00671. The van der Waals surface area contributed by atoms with Gasteiger partial charge in [0.1, 0.15) is 5.82 Å². The highest BCUT2D eigenvalue weighted by atomic mass is 32.2. The minimum atomic E-state index is -3.91. The summed E-state index contributed by atoms with van der Waals surface area (Å²) < 4.78 is 38.9. The van der Waals surface area contributed by atoms with Crippen molar-refractivity contribution in [1.82, 2.24) is 20.0 Å². The lowest BCUT2D eigenvalue weighted by Crippen LogP contribution is -2.40. The molecule has 0 radical (unpaired) electrons. The molecule has 0 bridgehead atoms. The Labute approximate surface area is 186 Å². The molecule has 1 aromatic heterocycles. The van der Waals surface area contributed by atoms with Gasteiger partial charge >= 0.3 is 0 Å². The van der Waals surface area contributed by atoms with E-state index >= 15 is 0 Å². The number of aromatic amines is 1. The van der Waals surface area contributed by atoms with Gasteiger partial charge in [-0.25, -0.2) is 18.1 Å². The molecule has 1 amide bonds. The minimum Gasteiger partial charge on any atom is -0.490 e. The van der Waals surface area contributed by atoms with Crippen LogP contribution in [0.25, 0.3) is 11.0 Å².